The molecular weight excluding hydrogens is 134 g/mol. The van der Waals surface area contributed by atoms with Gasteiger partial charge in [0, 0.05) is 22.2 Å². The van der Waals surface area contributed by atoms with Crippen molar-refractivity contribution in [3.05, 3.63) is 0 Å². The molecule has 0 N–H and O–H groups in total. The molecule has 0 heterocycles. The Morgan fingerprint density at radius 3 is 2.38 bits per heavy atom. The van der Waals surface area contributed by atoms with Gasteiger partial charge in [-0.15, -0.1) is 0 Å². The highest BCUT2D eigenvalue weighted by molar-refractivity contribution is 8.12. The van der Waals surface area contributed by atoms with Crippen molar-refractivity contribution in [2.75, 3.05) is 0 Å². The summed E-state index contributed by atoms with van der Waals surface area (Å²) in [6, 6.07) is 0. The van der Waals surface area contributed by atoms with Crippen LogP contribution in [0.3, 0.4) is 0 Å². The van der Waals surface area contributed by atoms with Crippen molar-refractivity contribution in [2.24, 2.45) is 0 Å². The fraction of sp³-hybridized carbons (Fsp3) is 1.00. The van der Waals surface area contributed by atoms with Crippen molar-refractivity contribution >= 4 is 16.5 Å². The van der Waals surface area contributed by atoms with Crippen LogP contribution in [-0.4, -0.2) is 11.3 Å². The van der Waals surface area contributed by atoms with Gasteiger partial charge in [0.05, 0.1) is 5.66 Å². The molecule has 0 nitrogen and oxygen atoms in total. The summed E-state index contributed by atoms with van der Waals surface area (Å²) in [5, 5.41) is 0. The summed E-state index contributed by atoms with van der Waals surface area (Å²) < 4.78 is 0. The molecule has 0 bridgehead atoms. The number of rotatable bonds is 3. The second-order valence-electron chi connectivity index (χ2n) is 2.95. The lowest BCUT2D eigenvalue weighted by atomic mass is 11.0. The molecular formula is C6H13P2+. The van der Waals surface area contributed by atoms with Gasteiger partial charge < -0.3 is 0 Å². The first-order valence-corrected chi connectivity index (χ1v) is 7.10. The summed E-state index contributed by atoms with van der Waals surface area (Å²) in [5.41, 5.74) is 2.51. The van der Waals surface area contributed by atoms with Gasteiger partial charge in [0.25, 0.3) is 0 Å². The van der Waals surface area contributed by atoms with Gasteiger partial charge >= 0.3 is 0 Å². The van der Waals surface area contributed by atoms with Crippen molar-refractivity contribution in [1.29, 1.82) is 0 Å². The molecule has 0 amide bonds. The zero-order chi connectivity index (χ0) is 5.40. The SMILES string of the molecule is C1CC1P[PH2+]C1CC1. The van der Waals surface area contributed by atoms with Crippen molar-refractivity contribution in [3.63, 3.8) is 0 Å². The fourth-order valence-corrected chi connectivity index (χ4v) is 5.99. The monoisotopic (exact) mass is 147 g/mol. The van der Waals surface area contributed by atoms with Gasteiger partial charge in [-0.25, -0.2) is 0 Å². The molecule has 2 atom stereocenters. The highest BCUT2D eigenvalue weighted by atomic mass is 32.0. The summed E-state index contributed by atoms with van der Waals surface area (Å²) >= 11 is 0. The average molecular weight is 147 g/mol. The first-order chi connectivity index (χ1) is 3.95. The topological polar surface area (TPSA) is 0 Å². The Morgan fingerprint density at radius 1 is 1.12 bits per heavy atom. The van der Waals surface area contributed by atoms with Crippen LogP contribution in [0.2, 0.25) is 0 Å². The van der Waals surface area contributed by atoms with Crippen LogP contribution in [0.1, 0.15) is 25.7 Å². The second kappa shape index (κ2) is 2.24. The minimum atomic E-state index is 0.935. The first kappa shape index (κ1) is 5.63. The predicted molar refractivity (Wildman–Crippen MR) is 44.1 cm³/mol. The third kappa shape index (κ3) is 1.67. The van der Waals surface area contributed by atoms with Crippen LogP contribution in [-0.2, 0) is 0 Å². The summed E-state index contributed by atoms with van der Waals surface area (Å²) in [6.45, 7) is 0. The maximum absolute atomic E-state index is 1.59. The summed E-state index contributed by atoms with van der Waals surface area (Å²) in [5.74, 6) is 0. The van der Waals surface area contributed by atoms with E-state index < -0.39 is 0 Å². The molecule has 8 heavy (non-hydrogen) atoms. The smallest absolute Gasteiger partial charge is 0.0427 e. The Bertz CT molecular complexity index is 72.5. The molecule has 2 heteroatoms. The molecule has 0 spiro atoms. The van der Waals surface area contributed by atoms with Crippen LogP contribution in [0.15, 0.2) is 0 Å². The van der Waals surface area contributed by atoms with Crippen molar-refractivity contribution < 1.29 is 0 Å². The summed E-state index contributed by atoms with van der Waals surface area (Å²) in [4.78, 5) is 0. The summed E-state index contributed by atoms with van der Waals surface area (Å²) in [7, 11) is 2.36. The standard InChI is InChI=1S/C6H12P2/c1-2-5(1)7-8-6-3-4-6/h5-8H,1-4H2/p+1. The zero-order valence-electron chi connectivity index (χ0n) is 5.06. The van der Waals surface area contributed by atoms with E-state index in [1.807, 2.05) is 0 Å². The van der Waals surface area contributed by atoms with Crippen molar-refractivity contribution in [2.45, 2.75) is 37.0 Å². The molecule has 0 aliphatic heterocycles. The van der Waals surface area contributed by atoms with Crippen LogP contribution in [0.4, 0.5) is 0 Å². The quantitative estimate of drug-likeness (QED) is 0.537. The molecule has 2 unspecified atom stereocenters. The van der Waals surface area contributed by atoms with Crippen molar-refractivity contribution in [3.8, 4) is 0 Å². The molecule has 2 fully saturated rings. The third-order valence-corrected chi connectivity index (χ3v) is 7.55. The van der Waals surface area contributed by atoms with E-state index in [-0.39, 0.29) is 0 Å². The normalized spacial score (nSPS) is 31.5. The van der Waals surface area contributed by atoms with Crippen LogP contribution in [0.5, 0.6) is 0 Å². The lowest BCUT2D eigenvalue weighted by Gasteiger charge is -1.84. The molecule has 2 saturated carbocycles. The largest absolute Gasteiger partial charge is 0.0675 e. The predicted octanol–water partition coefficient (Wildman–Crippen LogP) is 2.32. The highest BCUT2D eigenvalue weighted by Gasteiger charge is 2.32. The van der Waals surface area contributed by atoms with Crippen molar-refractivity contribution in [1.82, 2.24) is 0 Å². The Labute approximate surface area is 54.3 Å². The first-order valence-electron chi connectivity index (χ1n) is 3.54. The van der Waals surface area contributed by atoms with Gasteiger partial charge in [-0.3, -0.25) is 0 Å². The fourth-order valence-electron chi connectivity index (χ4n) is 0.785. The van der Waals surface area contributed by atoms with Crippen LogP contribution >= 0.6 is 16.5 Å². The molecule has 2 rings (SSSR count). The minimum absolute atomic E-state index is 0.935. The summed E-state index contributed by atoms with van der Waals surface area (Å²) in [6.07, 6.45) is 6.35. The Kier molecular flexibility index (Phi) is 1.57. The van der Waals surface area contributed by atoms with Crippen LogP contribution < -0.4 is 0 Å². The van der Waals surface area contributed by atoms with E-state index in [2.05, 4.69) is 0 Å². The number of hydrogen-bond acceptors (Lipinski definition) is 0. The Hall–Kier alpha value is 0.860. The van der Waals surface area contributed by atoms with E-state index in [9.17, 15) is 0 Å². The zero-order valence-corrected chi connectivity index (χ0v) is 7.22. The van der Waals surface area contributed by atoms with E-state index in [4.69, 9.17) is 0 Å². The maximum Gasteiger partial charge on any atom is 0.0675 e. The molecule has 0 aromatic carbocycles. The minimum Gasteiger partial charge on any atom is -0.0427 e. The lowest BCUT2D eigenvalue weighted by molar-refractivity contribution is 1.50. The molecule has 46 valence electrons. The van der Waals surface area contributed by atoms with Gasteiger partial charge in [0.15, 0.2) is 0 Å². The Morgan fingerprint density at radius 2 is 1.88 bits per heavy atom. The Balaban J connectivity index is 1.56. The third-order valence-electron chi connectivity index (χ3n) is 1.77. The van der Waals surface area contributed by atoms with Gasteiger partial charge in [0.1, 0.15) is 0 Å². The van der Waals surface area contributed by atoms with Gasteiger partial charge in [-0.1, -0.05) is 0 Å². The maximum atomic E-state index is 1.59. The molecule has 0 radical (unpaired) electrons. The molecule has 2 aliphatic carbocycles. The van der Waals surface area contributed by atoms with E-state index >= 15 is 0 Å². The molecule has 2 aliphatic rings. The van der Waals surface area contributed by atoms with E-state index in [0.29, 0.717) is 0 Å². The molecule has 0 aromatic rings. The lowest BCUT2D eigenvalue weighted by Crippen LogP contribution is -1.61. The highest BCUT2D eigenvalue weighted by Crippen LogP contribution is 2.58. The van der Waals surface area contributed by atoms with Crippen LogP contribution in [0, 0.1) is 0 Å². The second-order valence-corrected chi connectivity index (χ2v) is 7.37. The average Bonchev–Trinajstić information content (AvgIpc) is 2.60. The van der Waals surface area contributed by atoms with Gasteiger partial charge in [0.2, 0.25) is 0 Å². The van der Waals surface area contributed by atoms with Gasteiger partial charge in [-0.05, 0) is 25.7 Å². The van der Waals surface area contributed by atoms with Crippen LogP contribution in [0.25, 0.3) is 0 Å². The molecule has 0 saturated heterocycles. The van der Waals surface area contributed by atoms with E-state index in [0.717, 1.165) is 8.27 Å². The molecule has 0 aromatic heterocycles. The van der Waals surface area contributed by atoms with E-state index in [1.165, 1.54) is 19.6 Å². The van der Waals surface area contributed by atoms with E-state index in [1.54, 1.807) is 25.7 Å². The van der Waals surface area contributed by atoms with Gasteiger partial charge in [-0.2, -0.15) is 0 Å². The number of hydrogen-bond donors (Lipinski definition) is 0.